The van der Waals surface area contributed by atoms with Crippen LogP contribution in [0.3, 0.4) is 0 Å². The van der Waals surface area contributed by atoms with Gasteiger partial charge in [0.2, 0.25) is 0 Å². The molecule has 0 aliphatic rings. The van der Waals surface area contributed by atoms with Crippen LogP contribution in [0.5, 0.6) is 11.5 Å². The Balaban J connectivity index is 2.00. The fourth-order valence-corrected chi connectivity index (χ4v) is 3.25. The minimum Gasteiger partial charge on any atom is -0.493 e. The number of ether oxygens (including phenoxy) is 2. The molecule has 3 aromatic rings. The minimum absolute atomic E-state index is 0.281. The van der Waals surface area contributed by atoms with E-state index < -0.39 is 23.8 Å². The molecule has 0 saturated carbocycles. The number of hydrogen-bond acceptors (Lipinski definition) is 6. The Bertz CT molecular complexity index is 1200. The van der Waals surface area contributed by atoms with E-state index in [9.17, 15) is 14.4 Å². The van der Waals surface area contributed by atoms with E-state index in [1.54, 1.807) is 36.4 Å². The lowest BCUT2D eigenvalue weighted by molar-refractivity contribution is -0.139. The van der Waals surface area contributed by atoms with Crippen molar-refractivity contribution in [1.82, 2.24) is 9.66 Å². The highest BCUT2D eigenvalue weighted by Gasteiger charge is 2.13. The number of para-hydroxylation sites is 1. The van der Waals surface area contributed by atoms with Crippen LogP contribution in [-0.4, -0.2) is 40.7 Å². The number of halogens is 1. The molecule has 0 aliphatic heterocycles. The first-order chi connectivity index (χ1) is 13.4. The van der Waals surface area contributed by atoms with Crippen LogP contribution in [0.2, 0.25) is 0 Å². The smallest absolute Gasteiger partial charge is 0.349 e. The Morgan fingerprint density at radius 1 is 1.32 bits per heavy atom. The van der Waals surface area contributed by atoms with E-state index in [0.717, 1.165) is 4.68 Å². The zero-order valence-corrected chi connectivity index (χ0v) is 16.7. The predicted molar refractivity (Wildman–Crippen MR) is 111 cm³/mol. The van der Waals surface area contributed by atoms with Gasteiger partial charge >= 0.3 is 11.7 Å². The zero-order valence-electron chi connectivity index (χ0n) is 14.5. The van der Waals surface area contributed by atoms with Crippen LogP contribution in [0, 0.1) is 3.57 Å². The molecule has 0 spiro atoms. The molecule has 144 valence electrons. The number of fused-ring (bicyclic) bond motifs is 1. The van der Waals surface area contributed by atoms with Gasteiger partial charge in [-0.3, -0.25) is 4.79 Å². The van der Waals surface area contributed by atoms with Crippen LogP contribution >= 0.6 is 22.6 Å². The highest BCUT2D eigenvalue weighted by atomic mass is 127. The van der Waals surface area contributed by atoms with Gasteiger partial charge in [-0.05, 0) is 52.4 Å². The Morgan fingerprint density at radius 2 is 2.07 bits per heavy atom. The molecule has 3 rings (SSSR count). The molecule has 0 amide bonds. The first kappa shape index (κ1) is 19.6. The predicted octanol–water partition coefficient (Wildman–Crippen LogP) is 1.65. The maximum absolute atomic E-state index is 12.5. The fourth-order valence-electron chi connectivity index (χ4n) is 2.47. The van der Waals surface area contributed by atoms with E-state index >= 15 is 0 Å². The van der Waals surface area contributed by atoms with Crippen LogP contribution in [0.4, 0.5) is 0 Å². The maximum atomic E-state index is 12.5. The maximum Gasteiger partial charge on any atom is 0.349 e. The number of hydrogen-bond donors (Lipinski definition) is 2. The second kappa shape index (κ2) is 8.25. The number of H-pyrrole nitrogens is 1. The summed E-state index contributed by atoms with van der Waals surface area (Å²) >= 11 is 1.96. The molecule has 10 heteroatoms. The van der Waals surface area contributed by atoms with Gasteiger partial charge < -0.3 is 19.6 Å². The Kier molecular flexibility index (Phi) is 5.78. The summed E-state index contributed by atoms with van der Waals surface area (Å²) in [6.07, 6.45) is 1.33. The highest BCUT2D eigenvalue weighted by molar-refractivity contribution is 14.1. The molecule has 0 unspecified atom stereocenters. The molecule has 0 atom stereocenters. The normalized spacial score (nSPS) is 11.1. The third kappa shape index (κ3) is 4.06. The van der Waals surface area contributed by atoms with Crippen LogP contribution in [-0.2, 0) is 4.79 Å². The molecule has 1 heterocycles. The van der Waals surface area contributed by atoms with Crippen molar-refractivity contribution in [2.45, 2.75) is 0 Å². The van der Waals surface area contributed by atoms with E-state index in [2.05, 4.69) is 10.1 Å². The number of benzene rings is 2. The second-order valence-electron chi connectivity index (χ2n) is 5.55. The van der Waals surface area contributed by atoms with Crippen LogP contribution < -0.4 is 20.7 Å². The van der Waals surface area contributed by atoms with Crippen molar-refractivity contribution in [3.8, 4) is 11.5 Å². The molecule has 28 heavy (non-hydrogen) atoms. The fraction of sp³-hybridized carbons (Fsp3) is 0.111. The van der Waals surface area contributed by atoms with Gasteiger partial charge in [-0.15, -0.1) is 4.68 Å². The molecule has 0 saturated heterocycles. The molecule has 1 aromatic heterocycles. The van der Waals surface area contributed by atoms with Crippen molar-refractivity contribution in [2.75, 3.05) is 13.7 Å². The van der Waals surface area contributed by atoms with Gasteiger partial charge in [-0.2, -0.15) is 5.10 Å². The standard InChI is InChI=1S/C18H14IN3O6/c1-27-14-7-10(6-12(19)16(14)28-9-15(23)24)8-20-22-17(25)11-4-2-3-5-13(11)21-18(22)26/h2-8H,9H2,1H3,(H,21,26)(H,23,24). The van der Waals surface area contributed by atoms with Gasteiger partial charge in [-0.25, -0.2) is 9.59 Å². The first-order valence-electron chi connectivity index (χ1n) is 7.91. The lowest BCUT2D eigenvalue weighted by Gasteiger charge is -2.12. The van der Waals surface area contributed by atoms with Gasteiger partial charge in [0.1, 0.15) is 0 Å². The molecule has 0 aliphatic carbocycles. The minimum atomic E-state index is -1.11. The molecule has 2 N–H and O–H groups in total. The van der Waals surface area contributed by atoms with E-state index in [-0.39, 0.29) is 5.75 Å². The Morgan fingerprint density at radius 3 is 2.79 bits per heavy atom. The highest BCUT2D eigenvalue weighted by Crippen LogP contribution is 2.33. The topological polar surface area (TPSA) is 123 Å². The van der Waals surface area contributed by atoms with Crippen LogP contribution in [0.15, 0.2) is 51.1 Å². The number of carbonyl (C=O) groups is 1. The van der Waals surface area contributed by atoms with Gasteiger partial charge in [0.15, 0.2) is 18.1 Å². The Hall–Kier alpha value is -3.15. The number of aromatic amines is 1. The van der Waals surface area contributed by atoms with Gasteiger partial charge in [0.05, 0.1) is 27.8 Å². The van der Waals surface area contributed by atoms with Crippen molar-refractivity contribution in [3.63, 3.8) is 0 Å². The molecule has 9 nitrogen and oxygen atoms in total. The average Bonchev–Trinajstić information content (AvgIpc) is 2.66. The third-order valence-corrected chi connectivity index (χ3v) is 4.50. The summed E-state index contributed by atoms with van der Waals surface area (Å²) in [5, 5.41) is 13.1. The van der Waals surface area contributed by atoms with Crippen LogP contribution in [0.1, 0.15) is 5.56 Å². The largest absolute Gasteiger partial charge is 0.493 e. The SMILES string of the molecule is COc1cc(C=Nn2c(=O)[nH]c3ccccc3c2=O)cc(I)c1OCC(=O)O. The number of carboxylic acid groups (broad SMARTS) is 1. The molecule has 0 bridgehead atoms. The Labute approximate surface area is 171 Å². The number of carboxylic acids is 1. The number of aromatic nitrogens is 2. The van der Waals surface area contributed by atoms with E-state index in [1.807, 2.05) is 22.6 Å². The summed E-state index contributed by atoms with van der Waals surface area (Å²) in [6, 6.07) is 9.86. The summed E-state index contributed by atoms with van der Waals surface area (Å²) in [5.41, 5.74) is -0.245. The molecular formula is C18H14IN3O6. The van der Waals surface area contributed by atoms with Crippen molar-refractivity contribution >= 4 is 45.7 Å². The van der Waals surface area contributed by atoms with Crippen molar-refractivity contribution in [1.29, 1.82) is 0 Å². The van der Waals surface area contributed by atoms with Gasteiger partial charge in [0, 0.05) is 0 Å². The van der Waals surface area contributed by atoms with Crippen molar-refractivity contribution in [3.05, 3.63) is 66.4 Å². The molecule has 0 radical (unpaired) electrons. The van der Waals surface area contributed by atoms with Gasteiger partial charge in [-0.1, -0.05) is 12.1 Å². The summed E-state index contributed by atoms with van der Waals surface area (Å²) < 4.78 is 11.8. The van der Waals surface area contributed by atoms with Gasteiger partial charge in [0.25, 0.3) is 5.56 Å². The summed E-state index contributed by atoms with van der Waals surface area (Å²) in [5.74, 6) is -0.531. The first-order valence-corrected chi connectivity index (χ1v) is 8.99. The lowest BCUT2D eigenvalue weighted by atomic mass is 10.2. The monoisotopic (exact) mass is 495 g/mol. The molecular weight excluding hydrogens is 481 g/mol. The zero-order chi connectivity index (χ0) is 20.3. The summed E-state index contributed by atoms with van der Waals surface area (Å²) in [7, 11) is 1.42. The number of aliphatic carboxylic acids is 1. The van der Waals surface area contributed by atoms with Crippen LogP contribution in [0.25, 0.3) is 10.9 Å². The number of nitrogens with one attached hydrogen (secondary N) is 1. The molecule has 0 fully saturated rings. The van der Waals surface area contributed by atoms with Crippen molar-refractivity contribution in [2.24, 2.45) is 5.10 Å². The number of methoxy groups -OCH3 is 1. The third-order valence-electron chi connectivity index (χ3n) is 3.70. The molecule has 2 aromatic carbocycles. The van der Waals surface area contributed by atoms with Crippen molar-refractivity contribution < 1.29 is 19.4 Å². The van der Waals surface area contributed by atoms with E-state index in [0.29, 0.717) is 25.8 Å². The van der Waals surface area contributed by atoms with E-state index in [4.69, 9.17) is 14.6 Å². The number of rotatable bonds is 6. The summed E-state index contributed by atoms with van der Waals surface area (Å²) in [4.78, 5) is 38.0. The summed E-state index contributed by atoms with van der Waals surface area (Å²) in [6.45, 7) is -0.512. The number of nitrogens with zero attached hydrogens (tertiary/aromatic N) is 2. The average molecular weight is 495 g/mol. The van der Waals surface area contributed by atoms with E-state index in [1.165, 1.54) is 13.3 Å². The second-order valence-corrected chi connectivity index (χ2v) is 6.72. The lowest BCUT2D eigenvalue weighted by Crippen LogP contribution is -2.32. The quantitative estimate of drug-likeness (QED) is 0.396.